The number of fused-ring (bicyclic) bond motifs is 1. The summed E-state index contributed by atoms with van der Waals surface area (Å²) in [7, 11) is 0. The topological polar surface area (TPSA) is 59.9 Å². The summed E-state index contributed by atoms with van der Waals surface area (Å²) in [5, 5.41) is 3.34. The van der Waals surface area contributed by atoms with Crippen LogP contribution >= 0.6 is 27.7 Å². The summed E-state index contributed by atoms with van der Waals surface area (Å²) in [6.07, 6.45) is 1.81. The second-order valence-corrected chi connectivity index (χ2v) is 6.93. The standard InChI is InChI=1S/C17H11BrN2O3S/c18-11-3-1-2-4-12(11)19-17-20-16(21)15(24-17)8-10-5-6-13-14(7-10)23-9-22-13/h1-8H,9H2,(H,19,20,21)/b15-8+. The SMILES string of the molecule is O=C1NC(=Nc2ccccc2Br)S/C1=C/c1ccc2c(c1)OCO2. The number of para-hydroxylation sites is 1. The minimum atomic E-state index is -0.163. The first-order chi connectivity index (χ1) is 11.7. The molecule has 2 aromatic carbocycles. The fourth-order valence-corrected chi connectivity index (χ4v) is 3.49. The zero-order valence-corrected chi connectivity index (χ0v) is 14.7. The Bertz CT molecular complexity index is 895. The molecule has 24 heavy (non-hydrogen) atoms. The maximum atomic E-state index is 12.1. The van der Waals surface area contributed by atoms with Crippen molar-refractivity contribution in [3.63, 3.8) is 0 Å². The summed E-state index contributed by atoms with van der Waals surface area (Å²) in [6.45, 7) is 0.230. The fourth-order valence-electron chi connectivity index (χ4n) is 2.29. The van der Waals surface area contributed by atoms with Gasteiger partial charge in [-0.2, -0.15) is 0 Å². The van der Waals surface area contributed by atoms with Gasteiger partial charge in [-0.15, -0.1) is 0 Å². The van der Waals surface area contributed by atoms with Gasteiger partial charge < -0.3 is 14.8 Å². The Hall–Kier alpha value is -2.25. The number of nitrogens with one attached hydrogen (secondary N) is 1. The zero-order chi connectivity index (χ0) is 16.5. The molecular weight excluding hydrogens is 392 g/mol. The van der Waals surface area contributed by atoms with Crippen LogP contribution in [0.5, 0.6) is 11.5 Å². The quantitative estimate of drug-likeness (QED) is 0.769. The van der Waals surface area contributed by atoms with Gasteiger partial charge in [0, 0.05) is 4.47 Å². The fraction of sp³-hybridized carbons (Fsp3) is 0.0588. The van der Waals surface area contributed by atoms with Crippen molar-refractivity contribution < 1.29 is 14.3 Å². The third-order valence-electron chi connectivity index (χ3n) is 3.42. The summed E-state index contributed by atoms with van der Waals surface area (Å²) in [4.78, 5) is 17.2. The highest BCUT2D eigenvalue weighted by atomic mass is 79.9. The molecule has 120 valence electrons. The molecule has 2 aliphatic rings. The number of carbonyl (C=O) groups excluding carboxylic acids is 1. The molecule has 2 heterocycles. The van der Waals surface area contributed by atoms with Crippen LogP contribution in [0.15, 0.2) is 56.8 Å². The van der Waals surface area contributed by atoms with E-state index in [0.717, 1.165) is 21.5 Å². The third-order valence-corrected chi connectivity index (χ3v) is 5.00. The number of hydrogen-bond donors (Lipinski definition) is 1. The van der Waals surface area contributed by atoms with Crippen molar-refractivity contribution in [2.75, 3.05) is 6.79 Å². The van der Waals surface area contributed by atoms with E-state index in [1.807, 2.05) is 48.5 Å². The molecule has 1 saturated heterocycles. The Balaban J connectivity index is 1.59. The van der Waals surface area contributed by atoms with Gasteiger partial charge in [0.15, 0.2) is 16.7 Å². The lowest BCUT2D eigenvalue weighted by Gasteiger charge is -1.99. The lowest BCUT2D eigenvalue weighted by molar-refractivity contribution is -0.115. The predicted octanol–water partition coefficient (Wildman–Crippen LogP) is 4.07. The zero-order valence-electron chi connectivity index (χ0n) is 12.3. The van der Waals surface area contributed by atoms with Gasteiger partial charge in [0.1, 0.15) is 0 Å². The lowest BCUT2D eigenvalue weighted by Crippen LogP contribution is -2.19. The summed E-state index contributed by atoms with van der Waals surface area (Å²) >= 11 is 4.75. The molecule has 1 amide bonds. The van der Waals surface area contributed by atoms with E-state index in [9.17, 15) is 4.79 Å². The molecular formula is C17H11BrN2O3S. The van der Waals surface area contributed by atoms with E-state index >= 15 is 0 Å². The molecule has 2 aromatic rings. The molecule has 0 atom stereocenters. The van der Waals surface area contributed by atoms with Crippen molar-refractivity contribution in [1.29, 1.82) is 0 Å². The molecule has 5 nitrogen and oxygen atoms in total. The van der Waals surface area contributed by atoms with Crippen molar-refractivity contribution in [3.05, 3.63) is 57.4 Å². The largest absolute Gasteiger partial charge is 0.454 e. The van der Waals surface area contributed by atoms with E-state index in [1.54, 1.807) is 0 Å². The first-order valence-electron chi connectivity index (χ1n) is 7.13. The number of amides is 1. The number of carbonyl (C=O) groups is 1. The van der Waals surface area contributed by atoms with E-state index < -0.39 is 0 Å². The average molecular weight is 403 g/mol. The monoisotopic (exact) mass is 402 g/mol. The van der Waals surface area contributed by atoms with E-state index in [-0.39, 0.29) is 12.7 Å². The Morgan fingerprint density at radius 3 is 2.88 bits per heavy atom. The highest BCUT2D eigenvalue weighted by Gasteiger charge is 2.24. The predicted molar refractivity (Wildman–Crippen MR) is 97.5 cm³/mol. The average Bonchev–Trinajstić information content (AvgIpc) is 3.16. The number of ether oxygens (including phenoxy) is 2. The van der Waals surface area contributed by atoms with Gasteiger partial charge in [-0.05, 0) is 63.6 Å². The van der Waals surface area contributed by atoms with Gasteiger partial charge in [-0.3, -0.25) is 4.79 Å². The van der Waals surface area contributed by atoms with Crippen LogP contribution in [0.4, 0.5) is 5.69 Å². The van der Waals surface area contributed by atoms with E-state index in [0.29, 0.717) is 15.8 Å². The van der Waals surface area contributed by atoms with Crippen molar-refractivity contribution in [1.82, 2.24) is 5.32 Å². The third kappa shape index (κ3) is 3.05. The van der Waals surface area contributed by atoms with Crippen LogP contribution in [0, 0.1) is 0 Å². The number of aliphatic imine (C=N–C) groups is 1. The second-order valence-electron chi connectivity index (χ2n) is 5.05. The van der Waals surface area contributed by atoms with Crippen LogP contribution in [0.1, 0.15) is 5.56 Å². The second kappa shape index (κ2) is 6.33. The molecule has 7 heteroatoms. The molecule has 0 aliphatic carbocycles. The van der Waals surface area contributed by atoms with Crippen LogP contribution in [0.2, 0.25) is 0 Å². The van der Waals surface area contributed by atoms with E-state index in [2.05, 4.69) is 26.2 Å². The number of benzene rings is 2. The Labute approximate surface area is 150 Å². The van der Waals surface area contributed by atoms with Crippen molar-refractivity contribution in [2.24, 2.45) is 4.99 Å². The minimum Gasteiger partial charge on any atom is -0.454 e. The molecule has 0 bridgehead atoms. The first kappa shape index (κ1) is 15.3. The molecule has 1 fully saturated rings. The molecule has 4 rings (SSSR count). The van der Waals surface area contributed by atoms with Crippen molar-refractivity contribution >= 4 is 50.5 Å². The smallest absolute Gasteiger partial charge is 0.264 e. The van der Waals surface area contributed by atoms with E-state index in [4.69, 9.17) is 9.47 Å². The van der Waals surface area contributed by atoms with E-state index in [1.165, 1.54) is 11.8 Å². The number of hydrogen-bond acceptors (Lipinski definition) is 5. The summed E-state index contributed by atoms with van der Waals surface area (Å²) < 4.78 is 11.5. The molecule has 0 unspecified atom stereocenters. The van der Waals surface area contributed by atoms with Crippen LogP contribution in [-0.4, -0.2) is 17.9 Å². The van der Waals surface area contributed by atoms with Gasteiger partial charge in [-0.25, -0.2) is 4.99 Å². The van der Waals surface area contributed by atoms with Gasteiger partial charge in [0.2, 0.25) is 6.79 Å². The first-order valence-corrected chi connectivity index (χ1v) is 8.74. The van der Waals surface area contributed by atoms with Gasteiger partial charge in [0.05, 0.1) is 10.6 Å². The minimum absolute atomic E-state index is 0.163. The van der Waals surface area contributed by atoms with Gasteiger partial charge >= 0.3 is 0 Å². The summed E-state index contributed by atoms with van der Waals surface area (Å²) in [6, 6.07) is 13.2. The van der Waals surface area contributed by atoms with Crippen LogP contribution in [0.3, 0.4) is 0 Å². The lowest BCUT2D eigenvalue weighted by atomic mass is 10.2. The van der Waals surface area contributed by atoms with Crippen LogP contribution in [0.25, 0.3) is 6.08 Å². The highest BCUT2D eigenvalue weighted by Crippen LogP contribution is 2.35. The number of nitrogens with zero attached hydrogens (tertiary/aromatic N) is 1. The molecule has 2 aliphatic heterocycles. The molecule has 0 saturated carbocycles. The highest BCUT2D eigenvalue weighted by molar-refractivity contribution is 9.10. The number of thioether (sulfide) groups is 1. The van der Waals surface area contributed by atoms with Crippen molar-refractivity contribution in [3.8, 4) is 11.5 Å². The Morgan fingerprint density at radius 2 is 2.00 bits per heavy atom. The van der Waals surface area contributed by atoms with Crippen LogP contribution in [-0.2, 0) is 4.79 Å². The molecule has 0 aromatic heterocycles. The number of amidine groups is 1. The molecule has 1 N–H and O–H groups in total. The molecule has 0 radical (unpaired) electrons. The summed E-state index contributed by atoms with van der Waals surface area (Å²) in [5.74, 6) is 1.25. The van der Waals surface area contributed by atoms with Crippen molar-refractivity contribution in [2.45, 2.75) is 0 Å². The Morgan fingerprint density at radius 1 is 1.17 bits per heavy atom. The Kier molecular flexibility index (Phi) is 4.03. The number of halogens is 1. The maximum Gasteiger partial charge on any atom is 0.264 e. The molecule has 0 spiro atoms. The van der Waals surface area contributed by atoms with Gasteiger partial charge in [0.25, 0.3) is 5.91 Å². The summed E-state index contributed by atoms with van der Waals surface area (Å²) in [5.41, 5.74) is 1.64. The van der Waals surface area contributed by atoms with Crippen LogP contribution < -0.4 is 14.8 Å². The normalized spacial score (nSPS) is 19.1. The van der Waals surface area contributed by atoms with Gasteiger partial charge in [-0.1, -0.05) is 18.2 Å². The maximum absolute atomic E-state index is 12.1. The number of rotatable bonds is 2.